The molecule has 0 aliphatic heterocycles. The van der Waals surface area contributed by atoms with Crippen molar-refractivity contribution in [1.29, 1.82) is 0 Å². The van der Waals surface area contributed by atoms with Crippen molar-refractivity contribution in [3.8, 4) is 11.8 Å². The maximum atomic E-state index is 13.2. The highest BCUT2D eigenvalue weighted by Crippen LogP contribution is 2.29. The van der Waals surface area contributed by atoms with E-state index >= 15 is 0 Å². The zero-order valence-corrected chi connectivity index (χ0v) is 16.4. The number of amides is 2. The summed E-state index contributed by atoms with van der Waals surface area (Å²) in [5, 5.41) is 1.75. The van der Waals surface area contributed by atoms with E-state index in [-0.39, 0.29) is 11.3 Å². The standard InChI is InChI=1S/C15H15F4N5O5S/c1-7-5-4-6-9(29-8(2)16)10(7)30(26,27)24-13(25)22-12-20-11(15(17,18)19)21-14(23-12)28-3/h4-6,8H,1-3H3,(H2,20,21,22,23,24,25). The van der Waals surface area contributed by atoms with Crippen LogP contribution in [0.5, 0.6) is 11.8 Å². The van der Waals surface area contributed by atoms with E-state index in [1.54, 1.807) is 10.0 Å². The van der Waals surface area contributed by atoms with Crippen LogP contribution >= 0.6 is 0 Å². The maximum absolute atomic E-state index is 13.2. The molecule has 30 heavy (non-hydrogen) atoms. The molecule has 0 spiro atoms. The summed E-state index contributed by atoms with van der Waals surface area (Å²) < 4.78 is 87.7. The first-order chi connectivity index (χ1) is 13.8. The van der Waals surface area contributed by atoms with Gasteiger partial charge in [-0.25, -0.2) is 22.3 Å². The lowest BCUT2D eigenvalue weighted by Crippen LogP contribution is -2.35. The van der Waals surface area contributed by atoms with Crippen LogP contribution in [0.2, 0.25) is 0 Å². The number of nitrogens with one attached hydrogen (secondary N) is 2. The average molecular weight is 453 g/mol. The molecule has 2 aromatic rings. The number of aromatic nitrogens is 3. The van der Waals surface area contributed by atoms with Gasteiger partial charge in [0.25, 0.3) is 10.0 Å². The average Bonchev–Trinajstić information content (AvgIpc) is 2.59. The molecule has 0 fully saturated rings. The molecule has 0 aliphatic rings. The third kappa shape index (κ3) is 5.65. The Kier molecular flexibility index (Phi) is 6.64. The quantitative estimate of drug-likeness (QED) is 0.638. The Balaban J connectivity index is 2.31. The van der Waals surface area contributed by atoms with Crippen LogP contribution in [-0.4, -0.2) is 42.9 Å². The van der Waals surface area contributed by atoms with Crippen LogP contribution in [0.4, 0.5) is 28.3 Å². The molecule has 2 N–H and O–H groups in total. The van der Waals surface area contributed by atoms with Crippen LogP contribution in [0.1, 0.15) is 18.3 Å². The number of aryl methyl sites for hydroxylation is 1. The summed E-state index contributed by atoms with van der Waals surface area (Å²) in [6.45, 7) is 2.39. The van der Waals surface area contributed by atoms with Gasteiger partial charge in [0.05, 0.1) is 7.11 Å². The number of nitrogens with zero attached hydrogens (tertiary/aromatic N) is 3. The fourth-order valence-corrected chi connectivity index (χ4v) is 3.44. The number of benzene rings is 1. The summed E-state index contributed by atoms with van der Waals surface area (Å²) in [7, 11) is -3.64. The highest BCUT2D eigenvalue weighted by Gasteiger charge is 2.36. The van der Waals surface area contributed by atoms with E-state index in [9.17, 15) is 30.8 Å². The van der Waals surface area contributed by atoms with E-state index in [1.807, 2.05) is 0 Å². The van der Waals surface area contributed by atoms with Crippen LogP contribution in [0.15, 0.2) is 23.1 Å². The van der Waals surface area contributed by atoms with Crippen molar-refractivity contribution in [2.75, 3.05) is 12.4 Å². The Morgan fingerprint density at radius 2 is 1.87 bits per heavy atom. The molecule has 0 bridgehead atoms. The summed E-state index contributed by atoms with van der Waals surface area (Å²) in [6.07, 6.45) is -6.83. The molecule has 0 aliphatic carbocycles. The monoisotopic (exact) mass is 453 g/mol. The van der Waals surface area contributed by atoms with Crippen molar-refractivity contribution < 1.29 is 40.2 Å². The molecule has 1 atom stereocenters. The van der Waals surface area contributed by atoms with Crippen LogP contribution in [0.25, 0.3) is 0 Å². The van der Waals surface area contributed by atoms with E-state index in [4.69, 9.17) is 4.74 Å². The topological polar surface area (TPSA) is 132 Å². The number of hydrogen-bond donors (Lipinski definition) is 2. The minimum absolute atomic E-state index is 0.120. The Morgan fingerprint density at radius 1 is 1.20 bits per heavy atom. The molecule has 2 amide bonds. The molecule has 0 saturated carbocycles. The lowest BCUT2D eigenvalue weighted by atomic mass is 10.2. The van der Waals surface area contributed by atoms with Gasteiger partial charge in [0, 0.05) is 6.92 Å². The van der Waals surface area contributed by atoms with Gasteiger partial charge in [-0.15, -0.1) is 0 Å². The smallest absolute Gasteiger partial charge is 0.451 e. The number of anilines is 1. The second-order valence-corrected chi connectivity index (χ2v) is 7.21. The number of rotatable bonds is 6. The number of urea groups is 1. The van der Waals surface area contributed by atoms with Gasteiger partial charge in [0.2, 0.25) is 18.1 Å². The Morgan fingerprint density at radius 3 is 2.43 bits per heavy atom. The van der Waals surface area contributed by atoms with Crippen molar-refractivity contribution in [3.05, 3.63) is 29.6 Å². The SMILES string of the molecule is COc1nc(NC(=O)NS(=O)(=O)c2c(C)cccc2OC(C)F)nc(C(F)(F)F)n1. The van der Waals surface area contributed by atoms with Crippen molar-refractivity contribution in [2.45, 2.75) is 31.3 Å². The number of methoxy groups -OCH3 is 1. The predicted octanol–water partition coefficient (Wildman–Crippen LogP) is 2.41. The first-order valence-corrected chi connectivity index (χ1v) is 9.43. The Labute approximate surface area is 167 Å². The van der Waals surface area contributed by atoms with Crippen molar-refractivity contribution in [2.24, 2.45) is 0 Å². The van der Waals surface area contributed by atoms with Gasteiger partial charge in [0.1, 0.15) is 10.6 Å². The molecule has 164 valence electrons. The van der Waals surface area contributed by atoms with Crippen molar-refractivity contribution in [3.63, 3.8) is 0 Å². The van der Waals surface area contributed by atoms with Gasteiger partial charge in [-0.3, -0.25) is 5.32 Å². The van der Waals surface area contributed by atoms with Crippen LogP contribution in [0, 0.1) is 6.92 Å². The first-order valence-electron chi connectivity index (χ1n) is 7.95. The number of sulfonamides is 1. The largest absolute Gasteiger partial charge is 0.467 e. The number of halogens is 4. The molecule has 2 rings (SSSR count). The molecule has 1 heterocycles. The van der Waals surface area contributed by atoms with Crippen molar-refractivity contribution in [1.82, 2.24) is 19.7 Å². The summed E-state index contributed by atoms with van der Waals surface area (Å²) >= 11 is 0. The second-order valence-electron chi connectivity index (χ2n) is 5.59. The molecule has 1 aromatic carbocycles. The number of carbonyl (C=O) groups excluding carboxylic acids is 1. The molecule has 1 aromatic heterocycles. The van der Waals surface area contributed by atoms with Crippen LogP contribution < -0.4 is 19.5 Å². The Hall–Kier alpha value is -3.23. The summed E-state index contributed by atoms with van der Waals surface area (Å²) in [5.74, 6) is -2.95. The van der Waals surface area contributed by atoms with E-state index in [1.165, 1.54) is 25.1 Å². The molecule has 1 unspecified atom stereocenters. The normalized spacial score (nSPS) is 12.8. The number of hydrogen-bond acceptors (Lipinski definition) is 8. The van der Waals surface area contributed by atoms with Gasteiger partial charge in [-0.05, 0) is 18.6 Å². The predicted molar refractivity (Wildman–Crippen MR) is 93.1 cm³/mol. The van der Waals surface area contributed by atoms with E-state index in [0.29, 0.717) is 0 Å². The second kappa shape index (κ2) is 8.64. The van der Waals surface area contributed by atoms with Gasteiger partial charge in [-0.2, -0.15) is 28.1 Å². The first kappa shape index (κ1) is 23.1. The zero-order chi connectivity index (χ0) is 22.7. The molecular formula is C15H15F4N5O5S. The Bertz CT molecular complexity index is 1050. The number of carbonyl (C=O) groups is 1. The van der Waals surface area contributed by atoms with Crippen LogP contribution in [-0.2, 0) is 16.2 Å². The van der Waals surface area contributed by atoms with Crippen LogP contribution in [0.3, 0.4) is 0 Å². The van der Waals surface area contributed by atoms with Crippen molar-refractivity contribution >= 4 is 22.0 Å². The highest BCUT2D eigenvalue weighted by molar-refractivity contribution is 7.90. The van der Waals surface area contributed by atoms with Gasteiger partial charge >= 0.3 is 18.2 Å². The summed E-state index contributed by atoms with van der Waals surface area (Å²) in [4.78, 5) is 20.9. The molecule has 15 heteroatoms. The minimum atomic E-state index is -4.98. The number of alkyl halides is 4. The van der Waals surface area contributed by atoms with Gasteiger partial charge < -0.3 is 9.47 Å². The molecule has 0 saturated heterocycles. The minimum Gasteiger partial charge on any atom is -0.467 e. The fraction of sp³-hybridized carbons (Fsp3) is 0.333. The van der Waals surface area contributed by atoms with Gasteiger partial charge in [0.15, 0.2) is 0 Å². The fourth-order valence-electron chi connectivity index (χ4n) is 2.17. The lowest BCUT2D eigenvalue weighted by molar-refractivity contribution is -0.145. The highest BCUT2D eigenvalue weighted by atomic mass is 32.2. The zero-order valence-electron chi connectivity index (χ0n) is 15.6. The summed E-state index contributed by atoms with van der Waals surface area (Å²) in [6, 6.07) is 1.69. The molecule has 10 nitrogen and oxygen atoms in total. The summed E-state index contributed by atoms with van der Waals surface area (Å²) in [5.41, 5.74) is 0.120. The molecular weight excluding hydrogens is 438 g/mol. The maximum Gasteiger partial charge on any atom is 0.451 e. The van der Waals surface area contributed by atoms with E-state index in [2.05, 4.69) is 19.7 Å². The van der Waals surface area contributed by atoms with Gasteiger partial charge in [-0.1, -0.05) is 12.1 Å². The van der Waals surface area contributed by atoms with E-state index < -0.39 is 51.3 Å². The molecule has 0 radical (unpaired) electrons. The number of ether oxygens (including phenoxy) is 2. The lowest BCUT2D eigenvalue weighted by Gasteiger charge is -2.15. The van der Waals surface area contributed by atoms with E-state index in [0.717, 1.165) is 14.0 Å². The third-order valence-corrected chi connectivity index (χ3v) is 4.75. The third-order valence-electron chi connectivity index (χ3n) is 3.24.